The molecule has 0 aliphatic rings. The molecule has 0 aliphatic heterocycles. The van der Waals surface area contributed by atoms with Gasteiger partial charge in [0.25, 0.3) is 10.1 Å². The summed E-state index contributed by atoms with van der Waals surface area (Å²) in [6.45, 7) is -0.476. The average Bonchev–Trinajstić information content (AvgIpc) is 2.27. The number of rotatable bonds is 5. The van der Waals surface area contributed by atoms with E-state index in [0.717, 1.165) is 7.11 Å². The highest BCUT2D eigenvalue weighted by Crippen LogP contribution is 2.17. The van der Waals surface area contributed by atoms with Gasteiger partial charge in [-0.05, 0) is 24.3 Å². The van der Waals surface area contributed by atoms with Crippen LogP contribution >= 0.6 is 0 Å². The van der Waals surface area contributed by atoms with Crippen LogP contribution in [0.15, 0.2) is 29.2 Å². The minimum atomic E-state index is -3.72. The van der Waals surface area contributed by atoms with E-state index in [0.29, 0.717) is 0 Å². The molecule has 0 unspecified atom stereocenters. The Hall–Kier alpha value is -1.60. The zero-order chi connectivity index (χ0) is 12.2. The van der Waals surface area contributed by atoms with Crippen LogP contribution in [0.4, 0.5) is 0 Å². The summed E-state index contributed by atoms with van der Waals surface area (Å²) in [5.41, 5.74) is 0. The average molecular weight is 246 g/mol. The molecule has 1 N–H and O–H groups in total. The summed E-state index contributed by atoms with van der Waals surface area (Å²) in [6, 6.07) is 5.26. The molecule has 0 saturated heterocycles. The monoisotopic (exact) mass is 246 g/mol. The molecule has 0 radical (unpaired) electrons. The van der Waals surface area contributed by atoms with Gasteiger partial charge in [-0.2, -0.15) is 8.42 Å². The third kappa shape index (κ3) is 3.21. The molecule has 0 heterocycles. The number of benzene rings is 1. The number of aliphatic carboxylic acids is 1. The summed E-state index contributed by atoms with van der Waals surface area (Å²) in [5.74, 6) is -0.828. The Balaban J connectivity index is 2.80. The summed E-state index contributed by atoms with van der Waals surface area (Å²) in [5, 5.41) is 8.36. The highest BCUT2D eigenvalue weighted by Gasteiger charge is 2.12. The van der Waals surface area contributed by atoms with E-state index in [-0.39, 0.29) is 10.6 Å². The molecule has 0 spiro atoms. The van der Waals surface area contributed by atoms with Crippen LogP contribution in [0.3, 0.4) is 0 Å². The maximum Gasteiger partial charge on any atom is 0.341 e. The van der Waals surface area contributed by atoms with E-state index < -0.39 is 22.7 Å². The third-order valence-corrected chi connectivity index (χ3v) is 2.98. The summed E-state index contributed by atoms with van der Waals surface area (Å²) < 4.78 is 31.6. The van der Waals surface area contributed by atoms with Gasteiger partial charge in [-0.15, -0.1) is 0 Å². The Bertz CT molecular complexity index is 461. The standard InChI is InChI=1S/C9H10O6S/c1-14-16(12,13)8-4-2-7(3-5-8)15-6-9(10)11/h2-5H,6H2,1H3,(H,10,11). The second-order valence-electron chi connectivity index (χ2n) is 2.77. The lowest BCUT2D eigenvalue weighted by Crippen LogP contribution is -2.09. The van der Waals surface area contributed by atoms with Gasteiger partial charge in [0, 0.05) is 0 Å². The first-order valence-electron chi connectivity index (χ1n) is 4.21. The molecule has 1 aromatic carbocycles. The van der Waals surface area contributed by atoms with Crippen molar-refractivity contribution in [2.75, 3.05) is 13.7 Å². The van der Waals surface area contributed by atoms with E-state index in [1.165, 1.54) is 24.3 Å². The van der Waals surface area contributed by atoms with E-state index in [2.05, 4.69) is 4.18 Å². The number of carbonyl (C=O) groups is 1. The number of ether oxygens (including phenoxy) is 1. The van der Waals surface area contributed by atoms with Crippen LogP contribution in [0, 0.1) is 0 Å². The van der Waals surface area contributed by atoms with Crippen LogP contribution < -0.4 is 4.74 Å². The maximum atomic E-state index is 11.2. The first-order valence-corrected chi connectivity index (χ1v) is 5.62. The first kappa shape index (κ1) is 12.5. The third-order valence-electron chi connectivity index (χ3n) is 1.69. The molecule has 0 saturated carbocycles. The van der Waals surface area contributed by atoms with Crippen molar-refractivity contribution in [1.82, 2.24) is 0 Å². The molecule has 0 atom stereocenters. The number of hydrogen-bond donors (Lipinski definition) is 1. The summed E-state index contributed by atoms with van der Waals surface area (Å²) in [7, 11) is -2.66. The van der Waals surface area contributed by atoms with Crippen molar-refractivity contribution < 1.29 is 27.2 Å². The van der Waals surface area contributed by atoms with E-state index >= 15 is 0 Å². The van der Waals surface area contributed by atoms with Crippen LogP contribution in [0.2, 0.25) is 0 Å². The molecule has 7 heteroatoms. The van der Waals surface area contributed by atoms with Gasteiger partial charge in [0.05, 0.1) is 12.0 Å². The fourth-order valence-electron chi connectivity index (χ4n) is 0.944. The molecular weight excluding hydrogens is 236 g/mol. The van der Waals surface area contributed by atoms with Crippen molar-refractivity contribution in [3.05, 3.63) is 24.3 Å². The van der Waals surface area contributed by atoms with E-state index in [9.17, 15) is 13.2 Å². The Kier molecular flexibility index (Phi) is 3.86. The molecule has 16 heavy (non-hydrogen) atoms. The van der Waals surface area contributed by atoms with Crippen molar-refractivity contribution in [2.45, 2.75) is 4.90 Å². The molecule has 0 aliphatic carbocycles. The smallest absolute Gasteiger partial charge is 0.341 e. The van der Waals surface area contributed by atoms with Gasteiger partial charge < -0.3 is 9.84 Å². The predicted octanol–water partition coefficient (Wildman–Crippen LogP) is 0.485. The molecule has 6 nitrogen and oxygen atoms in total. The molecule has 1 aromatic rings. The number of hydrogen-bond acceptors (Lipinski definition) is 5. The summed E-state index contributed by atoms with van der Waals surface area (Å²) in [4.78, 5) is 10.2. The van der Waals surface area contributed by atoms with Gasteiger partial charge in [0.2, 0.25) is 0 Å². The fraction of sp³-hybridized carbons (Fsp3) is 0.222. The second-order valence-corrected chi connectivity index (χ2v) is 4.49. The zero-order valence-corrected chi connectivity index (χ0v) is 9.23. The van der Waals surface area contributed by atoms with Crippen molar-refractivity contribution in [3.63, 3.8) is 0 Å². The lowest BCUT2D eigenvalue weighted by atomic mass is 10.3. The summed E-state index contributed by atoms with van der Waals surface area (Å²) in [6.07, 6.45) is 0. The van der Waals surface area contributed by atoms with Gasteiger partial charge in [-0.3, -0.25) is 4.18 Å². The lowest BCUT2D eigenvalue weighted by Gasteiger charge is -2.04. The molecule has 88 valence electrons. The second kappa shape index (κ2) is 4.95. The predicted molar refractivity (Wildman–Crippen MR) is 53.8 cm³/mol. The molecule has 0 amide bonds. The quantitative estimate of drug-likeness (QED) is 0.760. The highest BCUT2D eigenvalue weighted by atomic mass is 32.2. The largest absolute Gasteiger partial charge is 0.482 e. The topological polar surface area (TPSA) is 89.9 Å². The van der Waals surface area contributed by atoms with Crippen LogP contribution in [0.1, 0.15) is 0 Å². The van der Waals surface area contributed by atoms with Crippen molar-refractivity contribution in [1.29, 1.82) is 0 Å². The number of carboxylic acids is 1. The van der Waals surface area contributed by atoms with Crippen LogP contribution in [-0.4, -0.2) is 33.2 Å². The molecule has 0 fully saturated rings. The summed E-state index contributed by atoms with van der Waals surface area (Å²) >= 11 is 0. The van der Waals surface area contributed by atoms with Crippen LogP contribution in [0.5, 0.6) is 5.75 Å². The van der Waals surface area contributed by atoms with E-state index in [1.807, 2.05) is 0 Å². The highest BCUT2D eigenvalue weighted by molar-refractivity contribution is 7.86. The lowest BCUT2D eigenvalue weighted by molar-refractivity contribution is -0.139. The SMILES string of the molecule is COS(=O)(=O)c1ccc(OCC(=O)O)cc1. The maximum absolute atomic E-state index is 11.2. The Morgan fingerprint density at radius 1 is 1.31 bits per heavy atom. The fourth-order valence-corrected chi connectivity index (χ4v) is 1.61. The van der Waals surface area contributed by atoms with Crippen molar-refractivity contribution >= 4 is 16.1 Å². The molecule has 1 rings (SSSR count). The van der Waals surface area contributed by atoms with Crippen LogP contribution in [0.25, 0.3) is 0 Å². The Labute approximate surface area is 92.5 Å². The number of carboxylic acid groups (broad SMARTS) is 1. The van der Waals surface area contributed by atoms with Crippen LogP contribution in [-0.2, 0) is 19.1 Å². The van der Waals surface area contributed by atoms with E-state index in [1.54, 1.807) is 0 Å². The zero-order valence-electron chi connectivity index (χ0n) is 8.41. The van der Waals surface area contributed by atoms with Gasteiger partial charge >= 0.3 is 5.97 Å². The Morgan fingerprint density at radius 3 is 2.31 bits per heavy atom. The van der Waals surface area contributed by atoms with Gasteiger partial charge in [-0.25, -0.2) is 4.79 Å². The minimum absolute atomic E-state index is 0.0160. The normalized spacial score (nSPS) is 11.1. The molecule has 0 aromatic heterocycles. The van der Waals surface area contributed by atoms with Gasteiger partial charge in [0.1, 0.15) is 5.75 Å². The first-order chi connectivity index (χ1) is 7.45. The Morgan fingerprint density at radius 2 is 1.88 bits per heavy atom. The molecule has 0 bridgehead atoms. The van der Waals surface area contributed by atoms with Crippen molar-refractivity contribution in [3.8, 4) is 5.75 Å². The minimum Gasteiger partial charge on any atom is -0.482 e. The van der Waals surface area contributed by atoms with Gasteiger partial charge in [-0.1, -0.05) is 0 Å². The van der Waals surface area contributed by atoms with Gasteiger partial charge in [0.15, 0.2) is 6.61 Å². The van der Waals surface area contributed by atoms with E-state index in [4.69, 9.17) is 9.84 Å². The van der Waals surface area contributed by atoms with Crippen molar-refractivity contribution in [2.24, 2.45) is 0 Å². The molecular formula is C9H10O6S.